The Bertz CT molecular complexity index is 318. The zero-order chi connectivity index (χ0) is 10.6. The summed E-state index contributed by atoms with van der Waals surface area (Å²) in [7, 11) is 1.31. The molecular weight excluding hydrogens is 192 g/mol. The molecule has 0 aliphatic rings. The van der Waals surface area contributed by atoms with Gasteiger partial charge in [0.15, 0.2) is 17.3 Å². The van der Waals surface area contributed by atoms with Gasteiger partial charge in [0.1, 0.15) is 12.4 Å². The van der Waals surface area contributed by atoms with E-state index < -0.39 is 11.6 Å². The third-order valence-corrected chi connectivity index (χ3v) is 1.56. The molecule has 0 saturated heterocycles. The number of benzene rings is 1. The molecule has 0 aromatic heterocycles. The zero-order valence-corrected chi connectivity index (χ0v) is 7.72. The SMILES string of the molecule is COc1cc(F)cc(F)c1OCCN. The predicted molar refractivity (Wildman–Crippen MR) is 47.5 cm³/mol. The summed E-state index contributed by atoms with van der Waals surface area (Å²) >= 11 is 0. The first kappa shape index (κ1) is 10.7. The Balaban J connectivity index is 2.99. The summed E-state index contributed by atoms with van der Waals surface area (Å²) in [4.78, 5) is 0. The van der Waals surface area contributed by atoms with Gasteiger partial charge in [0.25, 0.3) is 0 Å². The first-order valence-electron chi connectivity index (χ1n) is 4.05. The number of halogens is 2. The molecule has 0 bridgehead atoms. The molecule has 0 heterocycles. The topological polar surface area (TPSA) is 44.5 Å². The minimum absolute atomic E-state index is 0.0240. The minimum atomic E-state index is -0.796. The number of methoxy groups -OCH3 is 1. The molecule has 0 radical (unpaired) electrons. The number of hydrogen-bond acceptors (Lipinski definition) is 3. The standard InChI is InChI=1S/C9H11F2NO2/c1-13-8-5-6(10)4-7(11)9(8)14-3-2-12/h4-5H,2-3,12H2,1H3. The van der Waals surface area contributed by atoms with Gasteiger partial charge >= 0.3 is 0 Å². The van der Waals surface area contributed by atoms with Crippen LogP contribution in [0, 0.1) is 11.6 Å². The van der Waals surface area contributed by atoms with Gasteiger partial charge in [-0.2, -0.15) is 0 Å². The zero-order valence-electron chi connectivity index (χ0n) is 7.72. The molecule has 5 heteroatoms. The number of hydrogen-bond donors (Lipinski definition) is 1. The molecule has 0 spiro atoms. The Morgan fingerprint density at radius 1 is 1.36 bits per heavy atom. The monoisotopic (exact) mass is 203 g/mol. The van der Waals surface area contributed by atoms with Crippen LogP contribution in [0.1, 0.15) is 0 Å². The average molecular weight is 203 g/mol. The Morgan fingerprint density at radius 3 is 2.64 bits per heavy atom. The Hall–Kier alpha value is -1.36. The highest BCUT2D eigenvalue weighted by atomic mass is 19.1. The normalized spacial score (nSPS) is 10.0. The summed E-state index contributed by atoms with van der Waals surface area (Å²) in [6.07, 6.45) is 0. The quantitative estimate of drug-likeness (QED) is 0.802. The predicted octanol–water partition coefficient (Wildman–Crippen LogP) is 1.31. The molecule has 1 rings (SSSR count). The van der Waals surface area contributed by atoms with Gasteiger partial charge in [0.2, 0.25) is 0 Å². The summed E-state index contributed by atoms with van der Waals surface area (Å²) in [5.41, 5.74) is 5.19. The van der Waals surface area contributed by atoms with Crippen molar-refractivity contribution in [3.63, 3.8) is 0 Å². The van der Waals surface area contributed by atoms with E-state index in [1.807, 2.05) is 0 Å². The fraction of sp³-hybridized carbons (Fsp3) is 0.333. The molecule has 1 aromatic carbocycles. The molecule has 0 amide bonds. The van der Waals surface area contributed by atoms with E-state index in [2.05, 4.69) is 0 Å². The van der Waals surface area contributed by atoms with Crippen molar-refractivity contribution in [1.29, 1.82) is 0 Å². The van der Waals surface area contributed by atoms with Crippen LogP contribution in [-0.4, -0.2) is 20.3 Å². The second-order valence-electron chi connectivity index (χ2n) is 2.56. The van der Waals surface area contributed by atoms with E-state index in [4.69, 9.17) is 15.2 Å². The molecule has 2 N–H and O–H groups in total. The van der Waals surface area contributed by atoms with Crippen LogP contribution in [0.15, 0.2) is 12.1 Å². The molecule has 3 nitrogen and oxygen atoms in total. The molecule has 0 atom stereocenters. The first-order valence-corrected chi connectivity index (χ1v) is 4.05. The molecule has 0 saturated carbocycles. The van der Waals surface area contributed by atoms with E-state index in [0.29, 0.717) is 0 Å². The number of rotatable bonds is 4. The molecule has 0 aliphatic heterocycles. The molecule has 0 unspecified atom stereocenters. The van der Waals surface area contributed by atoms with E-state index in [-0.39, 0.29) is 24.7 Å². The lowest BCUT2D eigenvalue weighted by molar-refractivity contribution is 0.285. The fourth-order valence-corrected chi connectivity index (χ4v) is 0.989. The summed E-state index contributed by atoms with van der Waals surface area (Å²) in [5.74, 6) is -1.59. The average Bonchev–Trinajstić information content (AvgIpc) is 2.15. The molecule has 78 valence electrons. The van der Waals surface area contributed by atoms with Crippen molar-refractivity contribution >= 4 is 0 Å². The smallest absolute Gasteiger partial charge is 0.197 e. The number of nitrogens with two attached hydrogens (primary N) is 1. The van der Waals surface area contributed by atoms with Gasteiger partial charge in [0, 0.05) is 18.7 Å². The molecule has 0 aliphatic carbocycles. The molecule has 0 fully saturated rings. The van der Waals surface area contributed by atoms with E-state index in [9.17, 15) is 8.78 Å². The maximum atomic E-state index is 13.1. The van der Waals surface area contributed by atoms with E-state index in [1.54, 1.807) is 0 Å². The number of ether oxygens (including phenoxy) is 2. The van der Waals surface area contributed by atoms with Crippen molar-refractivity contribution in [1.82, 2.24) is 0 Å². The molecular formula is C9H11F2NO2. The van der Waals surface area contributed by atoms with E-state index in [1.165, 1.54) is 7.11 Å². The van der Waals surface area contributed by atoms with Gasteiger partial charge < -0.3 is 15.2 Å². The lowest BCUT2D eigenvalue weighted by Crippen LogP contribution is -2.12. The highest BCUT2D eigenvalue weighted by molar-refractivity contribution is 5.41. The van der Waals surface area contributed by atoms with Crippen LogP contribution in [0.25, 0.3) is 0 Å². The largest absolute Gasteiger partial charge is 0.493 e. The Labute approximate surface area is 80.4 Å². The third kappa shape index (κ3) is 2.32. The summed E-state index contributed by atoms with van der Waals surface area (Å²) < 4.78 is 35.6. The lowest BCUT2D eigenvalue weighted by atomic mass is 10.3. The third-order valence-electron chi connectivity index (χ3n) is 1.56. The van der Waals surface area contributed by atoms with Gasteiger partial charge in [-0.15, -0.1) is 0 Å². The fourth-order valence-electron chi connectivity index (χ4n) is 0.989. The van der Waals surface area contributed by atoms with Crippen molar-refractivity contribution < 1.29 is 18.3 Å². The van der Waals surface area contributed by atoms with Gasteiger partial charge in [-0.3, -0.25) is 0 Å². The Morgan fingerprint density at radius 2 is 2.07 bits per heavy atom. The van der Waals surface area contributed by atoms with Crippen LogP contribution < -0.4 is 15.2 Å². The van der Waals surface area contributed by atoms with Crippen molar-refractivity contribution in [2.75, 3.05) is 20.3 Å². The van der Waals surface area contributed by atoms with Crippen LogP contribution in [0.4, 0.5) is 8.78 Å². The van der Waals surface area contributed by atoms with Crippen molar-refractivity contribution in [3.8, 4) is 11.5 Å². The van der Waals surface area contributed by atoms with Crippen LogP contribution in [-0.2, 0) is 0 Å². The summed E-state index contributed by atoms with van der Waals surface area (Å²) in [5, 5.41) is 0. The first-order chi connectivity index (χ1) is 6.69. The minimum Gasteiger partial charge on any atom is -0.493 e. The van der Waals surface area contributed by atoms with E-state index >= 15 is 0 Å². The summed E-state index contributed by atoms with van der Waals surface area (Å²) in [6, 6.07) is 1.78. The molecule has 14 heavy (non-hydrogen) atoms. The van der Waals surface area contributed by atoms with Crippen LogP contribution in [0.2, 0.25) is 0 Å². The maximum Gasteiger partial charge on any atom is 0.197 e. The van der Waals surface area contributed by atoms with Crippen LogP contribution >= 0.6 is 0 Å². The highest BCUT2D eigenvalue weighted by Gasteiger charge is 2.12. The second-order valence-corrected chi connectivity index (χ2v) is 2.56. The van der Waals surface area contributed by atoms with Crippen molar-refractivity contribution in [3.05, 3.63) is 23.8 Å². The van der Waals surface area contributed by atoms with Crippen LogP contribution in [0.3, 0.4) is 0 Å². The van der Waals surface area contributed by atoms with Gasteiger partial charge in [-0.25, -0.2) is 8.78 Å². The molecule has 1 aromatic rings. The Kier molecular flexibility index (Phi) is 3.64. The van der Waals surface area contributed by atoms with Gasteiger partial charge in [0.05, 0.1) is 7.11 Å². The maximum absolute atomic E-state index is 13.1. The second kappa shape index (κ2) is 4.76. The van der Waals surface area contributed by atoms with Crippen molar-refractivity contribution in [2.45, 2.75) is 0 Å². The summed E-state index contributed by atoms with van der Waals surface area (Å²) in [6.45, 7) is 0.402. The van der Waals surface area contributed by atoms with Gasteiger partial charge in [-0.1, -0.05) is 0 Å². The lowest BCUT2D eigenvalue weighted by Gasteiger charge is -2.10. The van der Waals surface area contributed by atoms with E-state index in [0.717, 1.165) is 12.1 Å². The van der Waals surface area contributed by atoms with Gasteiger partial charge in [-0.05, 0) is 0 Å². The van der Waals surface area contributed by atoms with Crippen LogP contribution in [0.5, 0.6) is 11.5 Å². The highest BCUT2D eigenvalue weighted by Crippen LogP contribution is 2.30. The van der Waals surface area contributed by atoms with Crippen molar-refractivity contribution in [2.24, 2.45) is 5.73 Å².